The first kappa shape index (κ1) is 14.4. The summed E-state index contributed by atoms with van der Waals surface area (Å²) in [5.41, 5.74) is -0.797. The third-order valence-electron chi connectivity index (χ3n) is 2.89. The van der Waals surface area contributed by atoms with Crippen LogP contribution < -0.4 is 5.32 Å². The summed E-state index contributed by atoms with van der Waals surface area (Å²) in [6.45, 7) is 9.92. The van der Waals surface area contributed by atoms with E-state index < -0.39 is 5.54 Å². The second-order valence-corrected chi connectivity index (χ2v) is 6.67. The second kappa shape index (κ2) is 4.53. The summed E-state index contributed by atoms with van der Waals surface area (Å²) in [4.78, 5) is 26.8. The Labute approximate surface area is 117 Å². The number of amides is 2. The number of carbonyl (C=O) groups is 2. The summed E-state index contributed by atoms with van der Waals surface area (Å²) in [5.74, 6) is -0.535. The van der Waals surface area contributed by atoms with Crippen molar-refractivity contribution in [2.75, 3.05) is 13.1 Å². The van der Waals surface area contributed by atoms with Crippen molar-refractivity contribution in [3.8, 4) is 0 Å². The van der Waals surface area contributed by atoms with E-state index in [1.807, 2.05) is 34.6 Å². The maximum atomic E-state index is 12.3. The monoisotopic (exact) mass is 280 g/mol. The number of rotatable bonds is 1. The highest BCUT2D eigenvalue weighted by atomic mass is 16.2. The van der Waals surface area contributed by atoms with Crippen LogP contribution in [0.15, 0.2) is 0 Å². The van der Waals surface area contributed by atoms with E-state index >= 15 is 0 Å². The van der Waals surface area contributed by atoms with E-state index in [-0.39, 0.29) is 29.7 Å². The van der Waals surface area contributed by atoms with Crippen molar-refractivity contribution in [2.45, 2.75) is 45.7 Å². The molecule has 0 spiro atoms. The van der Waals surface area contributed by atoms with Crippen LogP contribution in [-0.2, 0) is 10.3 Å². The summed E-state index contributed by atoms with van der Waals surface area (Å²) in [5, 5.41) is 14.6. The van der Waals surface area contributed by atoms with Crippen molar-refractivity contribution >= 4 is 11.8 Å². The van der Waals surface area contributed by atoms with E-state index in [0.717, 1.165) is 0 Å². The minimum Gasteiger partial charge on any atom is -0.348 e. The molecule has 0 aromatic carbocycles. The summed E-state index contributed by atoms with van der Waals surface area (Å²) in [6, 6.07) is 0. The molecular formula is C12H20N6O2. The third kappa shape index (κ3) is 2.94. The molecular weight excluding hydrogens is 260 g/mol. The number of hydrogen-bond acceptors (Lipinski definition) is 5. The van der Waals surface area contributed by atoms with Crippen molar-refractivity contribution in [3.63, 3.8) is 0 Å². The molecule has 2 heterocycles. The maximum absolute atomic E-state index is 12.3. The maximum Gasteiger partial charge on any atom is 0.296 e. The molecule has 1 aliphatic rings. The second-order valence-electron chi connectivity index (χ2n) is 6.67. The van der Waals surface area contributed by atoms with Crippen LogP contribution in [0.2, 0.25) is 0 Å². The molecule has 20 heavy (non-hydrogen) atoms. The van der Waals surface area contributed by atoms with Crippen molar-refractivity contribution in [1.82, 2.24) is 30.4 Å². The summed E-state index contributed by atoms with van der Waals surface area (Å²) < 4.78 is 0. The summed E-state index contributed by atoms with van der Waals surface area (Å²) >= 11 is 0. The fourth-order valence-corrected chi connectivity index (χ4v) is 2.03. The fourth-order valence-electron chi connectivity index (χ4n) is 2.03. The molecule has 0 atom stereocenters. The zero-order chi connectivity index (χ0) is 15.1. The number of carbonyl (C=O) groups excluding carboxylic acids is 2. The van der Waals surface area contributed by atoms with E-state index in [1.165, 1.54) is 9.70 Å². The zero-order valence-corrected chi connectivity index (χ0v) is 12.5. The van der Waals surface area contributed by atoms with Gasteiger partial charge < -0.3 is 10.2 Å². The van der Waals surface area contributed by atoms with Crippen molar-refractivity contribution in [1.29, 1.82) is 0 Å². The van der Waals surface area contributed by atoms with Gasteiger partial charge in [-0.2, -0.15) is 4.80 Å². The van der Waals surface area contributed by atoms with Crippen LogP contribution in [0.5, 0.6) is 0 Å². The molecule has 0 radical (unpaired) electrons. The number of nitrogens with one attached hydrogen (secondary N) is 1. The minimum atomic E-state index is -0.453. The van der Waals surface area contributed by atoms with Crippen LogP contribution in [0, 0.1) is 0 Å². The van der Waals surface area contributed by atoms with Crippen LogP contribution in [0.3, 0.4) is 0 Å². The van der Waals surface area contributed by atoms with E-state index in [1.54, 1.807) is 0 Å². The molecule has 1 fully saturated rings. The van der Waals surface area contributed by atoms with Gasteiger partial charge in [-0.3, -0.25) is 9.59 Å². The van der Waals surface area contributed by atoms with Gasteiger partial charge in [-0.15, -0.1) is 10.2 Å². The van der Waals surface area contributed by atoms with Crippen LogP contribution in [-0.4, -0.2) is 55.5 Å². The minimum absolute atomic E-state index is 0.0189. The zero-order valence-electron chi connectivity index (χ0n) is 12.5. The lowest BCUT2D eigenvalue weighted by molar-refractivity contribution is -0.126. The van der Waals surface area contributed by atoms with Crippen LogP contribution in [0.4, 0.5) is 0 Å². The van der Waals surface area contributed by atoms with Gasteiger partial charge in [-0.05, 0) is 39.8 Å². The third-order valence-corrected chi connectivity index (χ3v) is 2.89. The SMILES string of the molecule is CC1(C)CN(C(=O)c2nnn(C(C)(C)C)n2)CC(=O)N1. The van der Waals surface area contributed by atoms with E-state index in [2.05, 4.69) is 20.7 Å². The molecule has 2 amide bonds. The Morgan fingerprint density at radius 3 is 2.50 bits per heavy atom. The molecule has 0 bridgehead atoms. The lowest BCUT2D eigenvalue weighted by Gasteiger charge is -2.37. The Hall–Kier alpha value is -1.99. The molecule has 1 N–H and O–H groups in total. The molecule has 8 heteroatoms. The number of tetrazole rings is 1. The van der Waals surface area contributed by atoms with Gasteiger partial charge in [-0.1, -0.05) is 0 Å². The van der Waals surface area contributed by atoms with Gasteiger partial charge in [0.25, 0.3) is 11.7 Å². The number of hydrogen-bond donors (Lipinski definition) is 1. The van der Waals surface area contributed by atoms with E-state index in [0.29, 0.717) is 6.54 Å². The lowest BCUT2D eigenvalue weighted by atomic mass is 10.0. The largest absolute Gasteiger partial charge is 0.348 e. The van der Waals surface area contributed by atoms with Gasteiger partial charge in [0.2, 0.25) is 5.91 Å². The molecule has 8 nitrogen and oxygen atoms in total. The lowest BCUT2D eigenvalue weighted by Crippen LogP contribution is -2.61. The van der Waals surface area contributed by atoms with Crippen molar-refractivity contribution < 1.29 is 9.59 Å². The Morgan fingerprint density at radius 2 is 2.00 bits per heavy atom. The number of nitrogens with zero attached hydrogens (tertiary/aromatic N) is 5. The average molecular weight is 280 g/mol. The normalized spacial score (nSPS) is 18.9. The molecule has 2 rings (SSSR count). The molecule has 0 unspecified atom stereocenters. The van der Waals surface area contributed by atoms with Gasteiger partial charge in [0.05, 0.1) is 11.1 Å². The topological polar surface area (TPSA) is 93.0 Å². The van der Waals surface area contributed by atoms with Gasteiger partial charge in [0.15, 0.2) is 0 Å². The molecule has 1 aromatic rings. The van der Waals surface area contributed by atoms with Gasteiger partial charge in [0.1, 0.15) is 6.54 Å². The number of aromatic nitrogens is 4. The quantitative estimate of drug-likeness (QED) is 0.767. The van der Waals surface area contributed by atoms with E-state index in [9.17, 15) is 9.59 Å². The first-order valence-electron chi connectivity index (χ1n) is 6.49. The first-order valence-corrected chi connectivity index (χ1v) is 6.49. The Bertz CT molecular complexity index is 542. The highest BCUT2D eigenvalue weighted by molar-refractivity contribution is 5.94. The molecule has 1 aliphatic heterocycles. The molecule has 0 saturated carbocycles. The Kier molecular flexibility index (Phi) is 3.27. The van der Waals surface area contributed by atoms with Crippen LogP contribution in [0.25, 0.3) is 0 Å². The smallest absolute Gasteiger partial charge is 0.296 e. The van der Waals surface area contributed by atoms with Gasteiger partial charge in [-0.25, -0.2) is 0 Å². The first-order chi connectivity index (χ1) is 9.08. The average Bonchev–Trinajstić information content (AvgIpc) is 2.73. The molecule has 0 aliphatic carbocycles. The standard InChI is InChI=1S/C12H20N6O2/c1-11(2,3)18-15-9(14-16-18)10(20)17-6-8(19)13-12(4,5)7-17/h6-7H2,1-5H3,(H,13,19). The van der Waals surface area contributed by atoms with Crippen molar-refractivity contribution in [2.24, 2.45) is 0 Å². The van der Waals surface area contributed by atoms with Crippen molar-refractivity contribution in [3.05, 3.63) is 5.82 Å². The van der Waals surface area contributed by atoms with Crippen LogP contribution >= 0.6 is 0 Å². The molecule has 1 saturated heterocycles. The summed E-state index contributed by atoms with van der Waals surface area (Å²) in [7, 11) is 0. The highest BCUT2D eigenvalue weighted by Crippen LogP contribution is 2.14. The highest BCUT2D eigenvalue weighted by Gasteiger charge is 2.35. The Morgan fingerprint density at radius 1 is 1.35 bits per heavy atom. The predicted octanol–water partition coefficient (Wildman–Crippen LogP) is -0.221. The van der Waals surface area contributed by atoms with Gasteiger partial charge in [0, 0.05) is 6.54 Å². The number of piperazine rings is 1. The predicted molar refractivity (Wildman–Crippen MR) is 70.9 cm³/mol. The van der Waals surface area contributed by atoms with E-state index in [4.69, 9.17) is 0 Å². The Balaban J connectivity index is 2.19. The summed E-state index contributed by atoms with van der Waals surface area (Å²) in [6.07, 6.45) is 0. The molecule has 110 valence electrons. The van der Waals surface area contributed by atoms with Crippen LogP contribution in [0.1, 0.15) is 45.2 Å². The van der Waals surface area contributed by atoms with Gasteiger partial charge >= 0.3 is 0 Å². The molecule has 1 aromatic heterocycles. The fraction of sp³-hybridized carbons (Fsp3) is 0.750.